The van der Waals surface area contributed by atoms with Crippen LogP contribution in [0, 0.1) is 39.9 Å². The van der Waals surface area contributed by atoms with E-state index in [1.165, 1.54) is 0 Å². The Balaban J connectivity index is 0.0000109. The van der Waals surface area contributed by atoms with Gasteiger partial charge in [0.2, 0.25) is 0 Å². The molecule has 0 N–H and O–H groups in total. The molecule has 1 aliphatic rings. The fraction of sp³-hybridized carbons (Fsp3) is 0.857. The molecule has 0 spiro atoms. The van der Waals surface area contributed by atoms with Gasteiger partial charge in [0.15, 0.2) is 0 Å². The van der Waals surface area contributed by atoms with Crippen molar-refractivity contribution in [2.45, 2.75) is 13.3 Å². The maximum absolute atomic E-state index is 11.2. The number of carbonyl (C=O) groups is 3. The van der Waals surface area contributed by atoms with Crippen molar-refractivity contribution >= 4 is 17.9 Å². The first-order valence-corrected chi connectivity index (χ1v) is 11.4. The molecule has 1 rings (SSSR count). The minimum absolute atomic E-state index is 0. The summed E-state index contributed by atoms with van der Waals surface area (Å²) in [4.78, 5) is 40.6. The van der Waals surface area contributed by atoms with E-state index in [1.54, 1.807) is 14.7 Å². The van der Waals surface area contributed by atoms with Crippen molar-refractivity contribution in [1.82, 2.24) is 19.6 Å². The van der Waals surface area contributed by atoms with Crippen molar-refractivity contribution in [1.29, 1.82) is 0 Å². The van der Waals surface area contributed by atoms with Gasteiger partial charge in [-0.3, -0.25) is 19.6 Å². The molecule has 197 valence electrons. The number of nitrogens with zero attached hydrogens (tertiary/aromatic N) is 4. The SMILES string of the molecule is CCCOCCOCCN1CCN(CC(=O)[O-])CCN(CC(=O)[O-])CCN(CC(=O)[O-])CC1.[Gd+3]. The Morgan fingerprint density at radius 2 is 0.912 bits per heavy atom. The zero-order valence-electron chi connectivity index (χ0n) is 19.9. The molecule has 0 saturated carbocycles. The molecule has 0 aromatic heterocycles. The Hall–Kier alpha value is -0.505. The molecule has 0 atom stereocenters. The van der Waals surface area contributed by atoms with Crippen LogP contribution >= 0.6 is 0 Å². The van der Waals surface area contributed by atoms with Crippen LogP contribution in [0.1, 0.15) is 13.3 Å². The number of carboxylic acid groups (broad SMARTS) is 3. The van der Waals surface area contributed by atoms with Crippen molar-refractivity contribution in [2.75, 3.05) is 105 Å². The number of ether oxygens (including phenoxy) is 2. The monoisotopic (exact) mass is 631 g/mol. The Bertz CT molecular complexity index is 555. The molecular weight excluding hydrogens is 594 g/mol. The summed E-state index contributed by atoms with van der Waals surface area (Å²) >= 11 is 0. The van der Waals surface area contributed by atoms with E-state index in [2.05, 4.69) is 4.90 Å². The summed E-state index contributed by atoms with van der Waals surface area (Å²) in [6, 6.07) is 0. The fourth-order valence-electron chi connectivity index (χ4n) is 3.48. The van der Waals surface area contributed by atoms with Gasteiger partial charge in [0.05, 0.1) is 37.7 Å². The van der Waals surface area contributed by atoms with E-state index in [-0.39, 0.29) is 59.6 Å². The third-order valence-electron chi connectivity index (χ3n) is 5.26. The van der Waals surface area contributed by atoms with Crippen molar-refractivity contribution < 1.29 is 79.1 Å². The number of rotatable bonds is 14. The van der Waals surface area contributed by atoms with Crippen LogP contribution in [0.15, 0.2) is 0 Å². The molecule has 0 aromatic carbocycles. The topological polar surface area (TPSA) is 152 Å². The average Bonchev–Trinajstić information content (AvgIpc) is 2.73. The molecule has 12 nitrogen and oxygen atoms in total. The summed E-state index contributed by atoms with van der Waals surface area (Å²) in [6.07, 6.45) is 0.948. The quantitative estimate of drug-likeness (QED) is 0.169. The van der Waals surface area contributed by atoms with Crippen LogP contribution in [0.5, 0.6) is 0 Å². The molecule has 1 saturated heterocycles. The number of carboxylic acids is 3. The predicted molar refractivity (Wildman–Crippen MR) is 113 cm³/mol. The van der Waals surface area contributed by atoms with Crippen LogP contribution in [0.4, 0.5) is 0 Å². The Kier molecular flexibility index (Phi) is 20.4. The second-order valence-electron chi connectivity index (χ2n) is 8.01. The molecule has 0 unspecified atom stereocenters. The van der Waals surface area contributed by atoms with Crippen LogP contribution in [0.25, 0.3) is 0 Å². The number of hydrogen-bond acceptors (Lipinski definition) is 12. The third kappa shape index (κ3) is 17.9. The van der Waals surface area contributed by atoms with Gasteiger partial charge in [-0.05, 0) is 6.42 Å². The molecular formula is C21H37GdN4O8. The second kappa shape index (κ2) is 20.7. The maximum Gasteiger partial charge on any atom is 3.00 e. The summed E-state index contributed by atoms with van der Waals surface area (Å²) in [6.45, 7) is 7.22. The van der Waals surface area contributed by atoms with E-state index in [0.29, 0.717) is 85.3 Å². The zero-order valence-corrected chi connectivity index (χ0v) is 22.2. The summed E-state index contributed by atoms with van der Waals surface area (Å²) in [7, 11) is 0. The van der Waals surface area contributed by atoms with Gasteiger partial charge in [-0.15, -0.1) is 0 Å². The zero-order chi connectivity index (χ0) is 24.5. The van der Waals surface area contributed by atoms with Gasteiger partial charge in [0.1, 0.15) is 0 Å². The van der Waals surface area contributed by atoms with E-state index in [1.807, 2.05) is 6.92 Å². The predicted octanol–water partition coefficient (Wildman–Crippen LogP) is -5.10. The van der Waals surface area contributed by atoms with Gasteiger partial charge in [-0.1, -0.05) is 6.92 Å². The number of aliphatic carboxylic acids is 3. The normalized spacial score (nSPS) is 17.9. The average molecular weight is 631 g/mol. The standard InChI is InChI=1S/C21H40N4O8.Gd/c1-2-12-32-14-15-33-13-11-22-3-5-23(16-19(26)27)7-9-25(18-21(30)31)10-8-24(6-4-22)17-20(28)29;/h2-18H2,1H3,(H,26,27)(H,28,29)(H,30,31);/q;+3/p-3. The van der Waals surface area contributed by atoms with E-state index in [4.69, 9.17) is 9.47 Å². The minimum Gasteiger partial charge on any atom is -0.549 e. The Labute approximate surface area is 233 Å². The van der Waals surface area contributed by atoms with Crippen LogP contribution < -0.4 is 15.3 Å². The van der Waals surface area contributed by atoms with Gasteiger partial charge in [0, 0.05) is 85.1 Å². The van der Waals surface area contributed by atoms with Gasteiger partial charge >= 0.3 is 39.9 Å². The first-order chi connectivity index (χ1) is 15.8. The molecule has 13 heteroatoms. The van der Waals surface area contributed by atoms with Crippen molar-refractivity contribution in [3.63, 3.8) is 0 Å². The summed E-state index contributed by atoms with van der Waals surface area (Å²) < 4.78 is 11.0. The van der Waals surface area contributed by atoms with Crippen molar-refractivity contribution in [3.8, 4) is 0 Å². The molecule has 0 aromatic rings. The molecule has 1 radical (unpaired) electrons. The molecule has 0 amide bonds. The van der Waals surface area contributed by atoms with Crippen LogP contribution in [0.2, 0.25) is 0 Å². The largest absolute Gasteiger partial charge is 3.00 e. The second-order valence-corrected chi connectivity index (χ2v) is 8.01. The molecule has 1 aliphatic heterocycles. The van der Waals surface area contributed by atoms with Gasteiger partial charge in [0.25, 0.3) is 0 Å². The molecule has 0 aliphatic carbocycles. The van der Waals surface area contributed by atoms with E-state index < -0.39 is 17.9 Å². The summed E-state index contributed by atoms with van der Waals surface area (Å²) in [5.41, 5.74) is 0. The van der Waals surface area contributed by atoms with Gasteiger partial charge in [-0.2, -0.15) is 0 Å². The fourth-order valence-corrected chi connectivity index (χ4v) is 3.48. The van der Waals surface area contributed by atoms with E-state index >= 15 is 0 Å². The molecule has 1 heterocycles. The smallest absolute Gasteiger partial charge is 0.549 e. The van der Waals surface area contributed by atoms with Gasteiger partial charge < -0.3 is 39.2 Å². The summed E-state index contributed by atoms with van der Waals surface area (Å²) in [5.74, 6) is -3.64. The van der Waals surface area contributed by atoms with Crippen molar-refractivity contribution in [3.05, 3.63) is 0 Å². The Morgan fingerprint density at radius 3 is 1.24 bits per heavy atom. The van der Waals surface area contributed by atoms with Crippen LogP contribution in [-0.2, 0) is 23.9 Å². The summed E-state index contributed by atoms with van der Waals surface area (Å²) in [5, 5.41) is 33.4. The molecule has 0 bridgehead atoms. The van der Waals surface area contributed by atoms with E-state index in [0.717, 1.165) is 6.42 Å². The number of carbonyl (C=O) groups excluding carboxylic acids is 3. The Morgan fingerprint density at radius 1 is 0.588 bits per heavy atom. The van der Waals surface area contributed by atoms with Gasteiger partial charge in [-0.25, -0.2) is 0 Å². The number of hydrogen-bond donors (Lipinski definition) is 0. The first-order valence-electron chi connectivity index (χ1n) is 11.4. The van der Waals surface area contributed by atoms with Crippen LogP contribution in [0.3, 0.4) is 0 Å². The first kappa shape index (κ1) is 33.5. The minimum atomic E-state index is -1.24. The van der Waals surface area contributed by atoms with Crippen molar-refractivity contribution in [2.24, 2.45) is 0 Å². The van der Waals surface area contributed by atoms with Crippen LogP contribution in [-0.4, -0.2) is 142 Å². The van der Waals surface area contributed by atoms with E-state index in [9.17, 15) is 29.7 Å². The molecule has 34 heavy (non-hydrogen) atoms. The third-order valence-corrected chi connectivity index (χ3v) is 5.26. The molecule has 1 fully saturated rings. The maximum atomic E-state index is 11.2.